The van der Waals surface area contributed by atoms with Crippen LogP contribution in [0.15, 0.2) is 18.5 Å². The van der Waals surface area contributed by atoms with E-state index in [0.717, 1.165) is 25.2 Å². The normalized spacial score (nSPS) is 20.6. The first-order valence-electron chi connectivity index (χ1n) is 10.6. The van der Waals surface area contributed by atoms with Crippen molar-refractivity contribution in [1.29, 1.82) is 0 Å². The molecule has 0 aliphatic carbocycles. The Morgan fingerprint density at radius 1 is 1.31 bits per heavy atom. The maximum absolute atomic E-state index is 12.4. The standard InChI is InChI=1S/C22H39N4O2Si/c1-21(2,3)28-20(27)25-17-12-16(9-11-29(7)22(4,5)6)14-26(15-17)19-8-10-24-13-18(19)23/h8,10,13,16-17H,9,11-12,14-15,23H2,1-7H3,(H,25,27)/t16-,17+/m1/s1. The van der Waals surface area contributed by atoms with E-state index in [1.54, 1.807) is 12.4 Å². The van der Waals surface area contributed by atoms with E-state index >= 15 is 0 Å². The summed E-state index contributed by atoms with van der Waals surface area (Å²) in [5.41, 5.74) is 7.37. The molecular formula is C22H39N4O2Si. The summed E-state index contributed by atoms with van der Waals surface area (Å²) in [7, 11) is -0.422. The number of carbonyl (C=O) groups is 1. The number of carbonyl (C=O) groups excluding carboxylic acids is 1. The zero-order chi connectivity index (χ0) is 21.8. The summed E-state index contributed by atoms with van der Waals surface area (Å²) < 4.78 is 5.49. The number of nitrogens with one attached hydrogen (secondary N) is 1. The third-order valence-corrected chi connectivity index (χ3v) is 9.23. The second-order valence-corrected chi connectivity index (χ2v) is 13.9. The highest BCUT2D eigenvalue weighted by atomic mass is 28.3. The Kier molecular flexibility index (Phi) is 7.60. The number of rotatable bonds is 5. The van der Waals surface area contributed by atoms with Crippen LogP contribution in [0.5, 0.6) is 0 Å². The van der Waals surface area contributed by atoms with E-state index in [-0.39, 0.29) is 12.1 Å². The first kappa shape index (κ1) is 23.5. The second kappa shape index (κ2) is 9.37. The third-order valence-electron chi connectivity index (χ3n) is 5.63. The van der Waals surface area contributed by atoms with Crippen molar-refractivity contribution in [3.63, 3.8) is 0 Å². The van der Waals surface area contributed by atoms with Gasteiger partial charge in [0.2, 0.25) is 0 Å². The van der Waals surface area contributed by atoms with Gasteiger partial charge in [0.05, 0.1) is 32.4 Å². The van der Waals surface area contributed by atoms with Crippen molar-refractivity contribution in [3.8, 4) is 0 Å². The lowest BCUT2D eigenvalue weighted by atomic mass is 9.91. The number of alkyl carbamates (subject to hydrolysis) is 1. The first-order valence-corrected chi connectivity index (χ1v) is 12.8. The number of ether oxygens (including phenoxy) is 1. The molecule has 2 atom stereocenters. The summed E-state index contributed by atoms with van der Waals surface area (Å²) in [4.78, 5) is 18.8. The van der Waals surface area contributed by atoms with Gasteiger partial charge in [0, 0.05) is 19.3 Å². The molecule has 1 aliphatic rings. The highest BCUT2D eigenvalue weighted by Gasteiger charge is 2.31. The summed E-state index contributed by atoms with van der Waals surface area (Å²) in [6, 6.07) is 3.28. The minimum Gasteiger partial charge on any atom is -0.444 e. The molecule has 0 spiro atoms. The van der Waals surface area contributed by atoms with Gasteiger partial charge in [-0.2, -0.15) is 0 Å². The zero-order valence-electron chi connectivity index (χ0n) is 19.2. The predicted molar refractivity (Wildman–Crippen MR) is 123 cm³/mol. The Morgan fingerprint density at radius 3 is 2.59 bits per heavy atom. The Bertz CT molecular complexity index is 684. The maximum Gasteiger partial charge on any atom is 0.407 e. The monoisotopic (exact) mass is 419 g/mol. The Morgan fingerprint density at radius 2 is 2.00 bits per heavy atom. The number of anilines is 2. The summed E-state index contributed by atoms with van der Waals surface area (Å²) in [6.07, 6.45) is 5.27. The van der Waals surface area contributed by atoms with Gasteiger partial charge >= 0.3 is 6.09 Å². The van der Waals surface area contributed by atoms with Crippen LogP contribution in [0, 0.1) is 5.92 Å². The minimum absolute atomic E-state index is 0.0401. The highest BCUT2D eigenvalue weighted by Crippen LogP contribution is 2.34. The molecule has 6 nitrogen and oxygen atoms in total. The second-order valence-electron chi connectivity index (χ2n) is 10.4. The van der Waals surface area contributed by atoms with E-state index in [1.165, 1.54) is 12.5 Å². The summed E-state index contributed by atoms with van der Waals surface area (Å²) >= 11 is 0. The molecule has 2 rings (SSSR count). The van der Waals surface area contributed by atoms with Gasteiger partial charge in [-0.25, -0.2) is 4.79 Å². The topological polar surface area (TPSA) is 80.5 Å². The van der Waals surface area contributed by atoms with Gasteiger partial charge in [0.1, 0.15) is 5.60 Å². The maximum atomic E-state index is 12.4. The van der Waals surface area contributed by atoms with Crippen molar-refractivity contribution in [3.05, 3.63) is 18.5 Å². The van der Waals surface area contributed by atoms with Gasteiger partial charge < -0.3 is 20.7 Å². The van der Waals surface area contributed by atoms with Crippen LogP contribution in [0.25, 0.3) is 0 Å². The van der Waals surface area contributed by atoms with Gasteiger partial charge in [-0.05, 0) is 44.2 Å². The minimum atomic E-state index is -0.500. The van der Waals surface area contributed by atoms with Crippen molar-refractivity contribution in [2.24, 2.45) is 5.92 Å². The molecule has 1 radical (unpaired) electrons. The molecule has 2 heterocycles. The average Bonchev–Trinajstić information content (AvgIpc) is 2.57. The molecule has 1 saturated heterocycles. The number of amides is 1. The third kappa shape index (κ3) is 7.53. The van der Waals surface area contributed by atoms with E-state index < -0.39 is 14.4 Å². The van der Waals surface area contributed by atoms with Crippen molar-refractivity contribution < 1.29 is 9.53 Å². The van der Waals surface area contributed by atoms with Crippen LogP contribution in [0.3, 0.4) is 0 Å². The van der Waals surface area contributed by atoms with E-state index in [1.807, 2.05) is 26.8 Å². The van der Waals surface area contributed by atoms with Gasteiger partial charge in [-0.15, -0.1) is 0 Å². The van der Waals surface area contributed by atoms with Crippen molar-refractivity contribution >= 4 is 26.3 Å². The molecule has 29 heavy (non-hydrogen) atoms. The number of nitrogen functional groups attached to an aromatic ring is 1. The van der Waals surface area contributed by atoms with Gasteiger partial charge in [-0.1, -0.05) is 39.8 Å². The van der Waals surface area contributed by atoms with Crippen LogP contribution in [0.2, 0.25) is 17.6 Å². The zero-order valence-corrected chi connectivity index (χ0v) is 20.2. The van der Waals surface area contributed by atoms with Crippen LogP contribution in [0.1, 0.15) is 54.4 Å². The number of hydrogen-bond donors (Lipinski definition) is 2. The van der Waals surface area contributed by atoms with Crippen molar-refractivity contribution in [2.75, 3.05) is 23.7 Å². The van der Waals surface area contributed by atoms with E-state index in [2.05, 4.69) is 42.5 Å². The number of hydrogen-bond acceptors (Lipinski definition) is 5. The number of piperidine rings is 1. The Hall–Kier alpha value is -1.76. The molecule has 1 aromatic heterocycles. The van der Waals surface area contributed by atoms with Crippen LogP contribution in [0.4, 0.5) is 16.2 Å². The highest BCUT2D eigenvalue weighted by molar-refractivity contribution is 6.60. The first-order chi connectivity index (χ1) is 13.3. The lowest BCUT2D eigenvalue weighted by molar-refractivity contribution is 0.0493. The molecule has 7 heteroatoms. The van der Waals surface area contributed by atoms with E-state index in [0.29, 0.717) is 16.6 Å². The number of aromatic nitrogens is 1. The molecule has 1 amide bonds. The van der Waals surface area contributed by atoms with Crippen molar-refractivity contribution in [1.82, 2.24) is 10.3 Å². The predicted octanol–water partition coefficient (Wildman–Crippen LogP) is 4.70. The van der Waals surface area contributed by atoms with Crippen LogP contribution < -0.4 is 16.0 Å². The fourth-order valence-electron chi connectivity index (χ4n) is 3.67. The van der Waals surface area contributed by atoms with E-state index in [4.69, 9.17) is 10.5 Å². The molecule has 1 aromatic rings. The molecule has 3 N–H and O–H groups in total. The molecule has 1 aliphatic heterocycles. The van der Waals surface area contributed by atoms with Crippen molar-refractivity contribution in [2.45, 2.75) is 83.7 Å². The van der Waals surface area contributed by atoms with Gasteiger partial charge in [0.25, 0.3) is 0 Å². The van der Waals surface area contributed by atoms with Gasteiger partial charge in [-0.3, -0.25) is 4.98 Å². The van der Waals surface area contributed by atoms with Gasteiger partial charge in [0.15, 0.2) is 0 Å². The number of pyridine rings is 1. The van der Waals surface area contributed by atoms with Crippen LogP contribution in [-0.2, 0) is 4.74 Å². The van der Waals surface area contributed by atoms with E-state index in [9.17, 15) is 4.79 Å². The smallest absolute Gasteiger partial charge is 0.407 e. The summed E-state index contributed by atoms with van der Waals surface area (Å²) in [5.74, 6) is 0.513. The SMILES string of the molecule is C[Si](CC[C@@H]1C[C@H](NC(=O)OC(C)(C)C)CN(c2ccncc2N)C1)C(C)(C)C. The molecule has 163 valence electrons. The van der Waals surface area contributed by atoms with Crippen LogP contribution >= 0.6 is 0 Å². The molecule has 0 unspecified atom stereocenters. The molecule has 0 bridgehead atoms. The Labute approximate surface area is 178 Å². The molecular weight excluding hydrogens is 380 g/mol. The number of nitrogens with two attached hydrogens (primary N) is 1. The summed E-state index contributed by atoms with van der Waals surface area (Å²) in [5, 5.41) is 3.50. The fraction of sp³-hybridized carbons (Fsp3) is 0.727. The molecule has 1 fully saturated rings. The van der Waals surface area contributed by atoms with Crippen LogP contribution in [-0.4, -0.2) is 44.6 Å². The average molecular weight is 420 g/mol. The Balaban J connectivity index is 2.10. The lowest BCUT2D eigenvalue weighted by Gasteiger charge is -2.40. The lowest BCUT2D eigenvalue weighted by Crippen LogP contribution is -2.52. The fourth-order valence-corrected chi connectivity index (χ4v) is 5.26. The molecule has 0 saturated carbocycles. The quantitative estimate of drug-likeness (QED) is 0.676. The number of nitrogens with zero attached hydrogens (tertiary/aromatic N) is 2. The largest absolute Gasteiger partial charge is 0.444 e. The summed E-state index contributed by atoms with van der Waals surface area (Å²) in [6.45, 7) is 16.8. The molecule has 0 aromatic carbocycles.